The predicted molar refractivity (Wildman–Crippen MR) is 101 cm³/mol. The number of benzene rings is 1. The van der Waals surface area contributed by atoms with Crippen LogP contribution in [0.5, 0.6) is 0 Å². The molecule has 0 spiro atoms. The van der Waals surface area contributed by atoms with Crippen molar-refractivity contribution in [2.75, 3.05) is 11.9 Å². The summed E-state index contributed by atoms with van der Waals surface area (Å²) in [6, 6.07) is 13.1. The molecule has 0 unspecified atom stereocenters. The van der Waals surface area contributed by atoms with Gasteiger partial charge in [0.25, 0.3) is 11.8 Å². The lowest BCUT2D eigenvalue weighted by molar-refractivity contribution is 0.0739. The van der Waals surface area contributed by atoms with E-state index in [1.807, 2.05) is 40.6 Å². The first-order chi connectivity index (χ1) is 12.7. The van der Waals surface area contributed by atoms with Gasteiger partial charge in [-0.2, -0.15) is 0 Å². The Bertz CT molecular complexity index is 939. The average molecular weight is 363 g/mol. The Hall–Kier alpha value is -2.99. The normalized spacial score (nSPS) is 13.2. The Morgan fingerprint density at radius 2 is 2.04 bits per heavy atom. The number of nitrogens with zero attached hydrogens (tertiary/aromatic N) is 2. The van der Waals surface area contributed by atoms with Crippen molar-refractivity contribution in [1.82, 2.24) is 9.88 Å². The third-order valence-electron chi connectivity index (χ3n) is 4.42. The summed E-state index contributed by atoms with van der Waals surface area (Å²) in [6.07, 6.45) is 3.99. The molecule has 130 valence electrons. The van der Waals surface area contributed by atoms with Gasteiger partial charge >= 0.3 is 0 Å². The van der Waals surface area contributed by atoms with E-state index in [0.29, 0.717) is 18.7 Å². The first kappa shape index (κ1) is 16.5. The fraction of sp³-hybridized carbons (Fsp3) is 0.150. The summed E-state index contributed by atoms with van der Waals surface area (Å²) in [6.45, 7) is 1.27. The Labute approximate surface area is 155 Å². The van der Waals surface area contributed by atoms with Crippen LogP contribution in [0.25, 0.3) is 0 Å². The van der Waals surface area contributed by atoms with Crippen molar-refractivity contribution >= 4 is 28.8 Å². The van der Waals surface area contributed by atoms with Gasteiger partial charge in [0, 0.05) is 31.2 Å². The number of thiophene rings is 1. The minimum atomic E-state index is -0.194. The monoisotopic (exact) mass is 363 g/mol. The van der Waals surface area contributed by atoms with Gasteiger partial charge in [0.2, 0.25) is 0 Å². The molecule has 0 fully saturated rings. The van der Waals surface area contributed by atoms with Crippen LogP contribution in [0.15, 0.2) is 60.2 Å². The fourth-order valence-electron chi connectivity index (χ4n) is 3.06. The zero-order valence-corrected chi connectivity index (χ0v) is 14.8. The summed E-state index contributed by atoms with van der Waals surface area (Å²) < 4.78 is 0. The molecule has 0 radical (unpaired) electrons. The molecule has 3 aromatic rings. The third-order valence-corrected chi connectivity index (χ3v) is 5.28. The van der Waals surface area contributed by atoms with E-state index in [9.17, 15) is 9.59 Å². The van der Waals surface area contributed by atoms with E-state index in [1.165, 1.54) is 23.1 Å². The fourth-order valence-corrected chi connectivity index (χ4v) is 3.76. The van der Waals surface area contributed by atoms with Gasteiger partial charge in [-0.1, -0.05) is 12.1 Å². The number of nitrogens with one attached hydrogen (secondary N) is 1. The van der Waals surface area contributed by atoms with Crippen LogP contribution in [0.3, 0.4) is 0 Å². The lowest BCUT2D eigenvalue weighted by atomic mass is 9.99. The van der Waals surface area contributed by atoms with Crippen LogP contribution in [-0.2, 0) is 13.0 Å². The van der Waals surface area contributed by atoms with Gasteiger partial charge < -0.3 is 10.2 Å². The first-order valence-corrected chi connectivity index (χ1v) is 9.24. The van der Waals surface area contributed by atoms with Crippen molar-refractivity contribution in [3.05, 3.63) is 81.8 Å². The van der Waals surface area contributed by atoms with Gasteiger partial charge in [-0.05, 0) is 53.3 Å². The first-order valence-electron chi connectivity index (χ1n) is 8.37. The summed E-state index contributed by atoms with van der Waals surface area (Å²) in [4.78, 5) is 31.5. The Balaban J connectivity index is 1.51. The number of hydrogen-bond donors (Lipinski definition) is 1. The second-order valence-electron chi connectivity index (χ2n) is 6.13. The zero-order chi connectivity index (χ0) is 17.9. The van der Waals surface area contributed by atoms with Crippen LogP contribution in [0.2, 0.25) is 0 Å². The van der Waals surface area contributed by atoms with Gasteiger partial charge in [-0.15, -0.1) is 11.3 Å². The minimum Gasteiger partial charge on any atom is -0.333 e. The highest BCUT2D eigenvalue weighted by Crippen LogP contribution is 2.25. The van der Waals surface area contributed by atoms with Crippen molar-refractivity contribution in [2.45, 2.75) is 13.0 Å². The quantitative estimate of drug-likeness (QED) is 0.773. The van der Waals surface area contributed by atoms with Gasteiger partial charge in [0.1, 0.15) is 0 Å². The highest BCUT2D eigenvalue weighted by atomic mass is 32.1. The second-order valence-corrected chi connectivity index (χ2v) is 7.08. The van der Waals surface area contributed by atoms with E-state index in [4.69, 9.17) is 0 Å². The van der Waals surface area contributed by atoms with Gasteiger partial charge in [0.15, 0.2) is 0 Å². The SMILES string of the molecule is O=C(Nc1ccc2c(c1)CN(C(=O)c1cccs1)CC2)c1cccnc1. The lowest BCUT2D eigenvalue weighted by Crippen LogP contribution is -2.35. The molecule has 1 N–H and O–H groups in total. The molecule has 6 heteroatoms. The Morgan fingerprint density at radius 3 is 2.81 bits per heavy atom. The molecule has 0 atom stereocenters. The number of pyridine rings is 1. The standard InChI is InChI=1S/C20H17N3O2S/c24-19(15-3-1-8-21-12-15)22-17-6-5-14-7-9-23(13-16(14)11-17)20(25)18-4-2-10-26-18/h1-6,8,10-12H,7,9,13H2,(H,22,24). The summed E-state index contributed by atoms with van der Waals surface area (Å²) >= 11 is 1.46. The summed E-state index contributed by atoms with van der Waals surface area (Å²) in [7, 11) is 0. The Morgan fingerprint density at radius 1 is 1.12 bits per heavy atom. The molecule has 3 heterocycles. The molecule has 0 aliphatic carbocycles. The topological polar surface area (TPSA) is 62.3 Å². The van der Waals surface area contributed by atoms with E-state index in [0.717, 1.165) is 22.5 Å². The smallest absolute Gasteiger partial charge is 0.264 e. The molecule has 0 saturated carbocycles. The molecule has 1 aliphatic rings. The number of carbonyl (C=O) groups excluding carboxylic acids is 2. The van der Waals surface area contributed by atoms with Crippen molar-refractivity contribution < 1.29 is 9.59 Å². The maximum absolute atomic E-state index is 12.6. The number of fused-ring (bicyclic) bond motifs is 1. The van der Waals surface area contributed by atoms with Gasteiger partial charge in [0.05, 0.1) is 10.4 Å². The molecule has 0 bridgehead atoms. The molecule has 0 saturated heterocycles. The van der Waals surface area contributed by atoms with Crippen LogP contribution < -0.4 is 5.32 Å². The van der Waals surface area contributed by atoms with Crippen LogP contribution >= 0.6 is 11.3 Å². The van der Waals surface area contributed by atoms with Crippen molar-refractivity contribution in [3.63, 3.8) is 0 Å². The Kier molecular flexibility index (Phi) is 4.50. The van der Waals surface area contributed by atoms with E-state index < -0.39 is 0 Å². The molecule has 5 nitrogen and oxygen atoms in total. The summed E-state index contributed by atoms with van der Waals surface area (Å²) in [5.41, 5.74) is 3.53. The van der Waals surface area contributed by atoms with E-state index in [1.54, 1.807) is 18.3 Å². The molecule has 1 aromatic carbocycles. The zero-order valence-electron chi connectivity index (χ0n) is 14.0. The van der Waals surface area contributed by atoms with Crippen LogP contribution in [0, 0.1) is 0 Å². The van der Waals surface area contributed by atoms with Crippen LogP contribution in [0.1, 0.15) is 31.2 Å². The molecule has 1 aliphatic heterocycles. The number of hydrogen-bond acceptors (Lipinski definition) is 4. The van der Waals surface area contributed by atoms with Gasteiger partial charge in [-0.3, -0.25) is 14.6 Å². The number of carbonyl (C=O) groups is 2. The highest BCUT2D eigenvalue weighted by molar-refractivity contribution is 7.12. The maximum atomic E-state index is 12.6. The molecular formula is C20H17N3O2S. The van der Waals surface area contributed by atoms with Crippen molar-refractivity contribution in [3.8, 4) is 0 Å². The maximum Gasteiger partial charge on any atom is 0.264 e. The lowest BCUT2D eigenvalue weighted by Gasteiger charge is -2.29. The summed E-state index contributed by atoms with van der Waals surface area (Å²) in [5, 5.41) is 4.81. The number of anilines is 1. The molecule has 4 rings (SSSR count). The molecule has 2 amide bonds. The largest absolute Gasteiger partial charge is 0.333 e. The number of aromatic nitrogens is 1. The number of rotatable bonds is 3. The van der Waals surface area contributed by atoms with Crippen LogP contribution in [-0.4, -0.2) is 28.2 Å². The summed E-state index contributed by atoms with van der Waals surface area (Å²) in [5.74, 6) is -0.129. The molecule has 2 aromatic heterocycles. The second kappa shape index (κ2) is 7.09. The van der Waals surface area contributed by atoms with E-state index in [2.05, 4.69) is 10.3 Å². The molecular weight excluding hydrogens is 346 g/mol. The predicted octanol–water partition coefficient (Wildman–Crippen LogP) is 3.59. The van der Waals surface area contributed by atoms with Gasteiger partial charge in [-0.25, -0.2) is 0 Å². The number of amides is 2. The molecule has 26 heavy (non-hydrogen) atoms. The van der Waals surface area contributed by atoms with Crippen molar-refractivity contribution in [1.29, 1.82) is 0 Å². The van der Waals surface area contributed by atoms with Crippen molar-refractivity contribution in [2.24, 2.45) is 0 Å². The average Bonchev–Trinajstić information content (AvgIpc) is 3.22. The third kappa shape index (κ3) is 3.36. The van der Waals surface area contributed by atoms with E-state index >= 15 is 0 Å². The minimum absolute atomic E-state index is 0.0652. The van der Waals surface area contributed by atoms with Crippen LogP contribution in [0.4, 0.5) is 5.69 Å². The van der Waals surface area contributed by atoms with E-state index in [-0.39, 0.29) is 11.8 Å². The highest BCUT2D eigenvalue weighted by Gasteiger charge is 2.22.